The molecular formula is C71H43N3. The molecule has 74 heavy (non-hydrogen) atoms. The van der Waals surface area contributed by atoms with E-state index in [0.29, 0.717) is 5.82 Å². The van der Waals surface area contributed by atoms with Crippen molar-refractivity contribution in [3.63, 3.8) is 0 Å². The van der Waals surface area contributed by atoms with Crippen LogP contribution in [0.1, 0.15) is 22.7 Å². The van der Waals surface area contributed by atoms with E-state index in [0.717, 1.165) is 33.7 Å². The number of nitrogens with zero attached hydrogens (tertiary/aromatic N) is 3. The van der Waals surface area contributed by atoms with E-state index in [-0.39, 0.29) is 5.92 Å². The Morgan fingerprint density at radius 1 is 0.270 bits per heavy atom. The molecule has 16 rings (SSSR count). The Bertz CT molecular complexity index is 4770. The van der Waals surface area contributed by atoms with Gasteiger partial charge in [0.05, 0.1) is 28.3 Å². The van der Waals surface area contributed by atoms with E-state index in [1.807, 2.05) is 0 Å². The molecule has 0 spiro atoms. The Labute approximate surface area is 426 Å². The van der Waals surface area contributed by atoms with Gasteiger partial charge >= 0.3 is 0 Å². The maximum absolute atomic E-state index is 5.63. The third kappa shape index (κ3) is 6.08. The highest BCUT2D eigenvalue weighted by molar-refractivity contribution is 6.30. The number of benzene rings is 13. The second-order valence-electron chi connectivity index (χ2n) is 20.0. The van der Waals surface area contributed by atoms with E-state index in [1.54, 1.807) is 0 Å². The largest absolute Gasteiger partial charge is 0.309 e. The van der Waals surface area contributed by atoms with Gasteiger partial charge in [0.15, 0.2) is 5.82 Å². The van der Waals surface area contributed by atoms with E-state index in [2.05, 4.69) is 259 Å². The van der Waals surface area contributed by atoms with Crippen molar-refractivity contribution in [1.29, 1.82) is 0 Å². The highest BCUT2D eigenvalue weighted by atomic mass is 15.0. The molecule has 0 radical (unpaired) electrons. The molecule has 0 N–H and O–H groups in total. The number of hydrogen-bond donors (Lipinski definition) is 0. The van der Waals surface area contributed by atoms with Gasteiger partial charge in [0, 0.05) is 27.6 Å². The first kappa shape index (κ1) is 41.0. The molecule has 0 fully saturated rings. The Morgan fingerprint density at radius 3 is 1.27 bits per heavy atom. The monoisotopic (exact) mass is 937 g/mol. The highest BCUT2D eigenvalue weighted by Gasteiger charge is 2.35. The summed E-state index contributed by atoms with van der Waals surface area (Å²) in [4.78, 5) is 10.9. The molecule has 15 aromatic rings. The van der Waals surface area contributed by atoms with Gasteiger partial charge in [-0.05, 0) is 153 Å². The molecule has 0 saturated heterocycles. The lowest BCUT2D eigenvalue weighted by Crippen LogP contribution is -2.06. The van der Waals surface area contributed by atoms with Crippen LogP contribution in [0.2, 0.25) is 0 Å². The van der Waals surface area contributed by atoms with Crippen molar-refractivity contribution in [3.05, 3.63) is 272 Å². The third-order valence-electron chi connectivity index (χ3n) is 16.0. The molecule has 1 aliphatic rings. The molecule has 13 aromatic carbocycles. The molecule has 0 bridgehead atoms. The van der Waals surface area contributed by atoms with Crippen LogP contribution in [0.4, 0.5) is 0 Å². The van der Waals surface area contributed by atoms with Crippen molar-refractivity contribution >= 4 is 86.4 Å². The van der Waals surface area contributed by atoms with Gasteiger partial charge < -0.3 is 4.57 Å². The van der Waals surface area contributed by atoms with Crippen LogP contribution in [0.15, 0.2) is 255 Å². The highest BCUT2D eigenvalue weighted by Crippen LogP contribution is 2.54. The molecular weight excluding hydrogens is 895 g/mol. The van der Waals surface area contributed by atoms with Crippen LogP contribution in [0.5, 0.6) is 0 Å². The summed E-state index contributed by atoms with van der Waals surface area (Å²) >= 11 is 0. The van der Waals surface area contributed by atoms with Crippen LogP contribution < -0.4 is 0 Å². The quantitative estimate of drug-likeness (QED) is 0.161. The molecule has 0 amide bonds. The van der Waals surface area contributed by atoms with Crippen LogP contribution in [0.25, 0.3) is 137 Å². The lowest BCUT2D eigenvalue weighted by atomic mass is 9.88. The summed E-state index contributed by atoms with van der Waals surface area (Å²) in [6.07, 6.45) is 0. The smallest absolute Gasteiger partial charge is 0.160 e. The molecule has 1 aliphatic carbocycles. The predicted molar refractivity (Wildman–Crippen MR) is 311 cm³/mol. The van der Waals surface area contributed by atoms with Crippen molar-refractivity contribution in [2.24, 2.45) is 0 Å². The van der Waals surface area contributed by atoms with Gasteiger partial charge in [-0.15, -0.1) is 0 Å². The molecule has 3 heteroatoms. The zero-order valence-electron chi connectivity index (χ0n) is 40.2. The number of hydrogen-bond acceptors (Lipinski definition) is 2. The first-order chi connectivity index (χ1) is 36.7. The van der Waals surface area contributed by atoms with Gasteiger partial charge in [-0.25, -0.2) is 9.97 Å². The minimum absolute atomic E-state index is 0.207. The van der Waals surface area contributed by atoms with E-state index in [9.17, 15) is 0 Å². The summed E-state index contributed by atoms with van der Waals surface area (Å²) < 4.78 is 2.53. The molecule has 0 saturated carbocycles. The summed E-state index contributed by atoms with van der Waals surface area (Å²) in [6, 6.07) is 93.8. The first-order valence-corrected chi connectivity index (χ1v) is 25.6. The molecule has 3 nitrogen and oxygen atoms in total. The van der Waals surface area contributed by atoms with Crippen molar-refractivity contribution in [2.45, 2.75) is 5.92 Å². The average Bonchev–Trinajstić information content (AvgIpc) is 3.99. The van der Waals surface area contributed by atoms with Crippen molar-refractivity contribution in [1.82, 2.24) is 14.5 Å². The Morgan fingerprint density at radius 2 is 0.689 bits per heavy atom. The van der Waals surface area contributed by atoms with Crippen molar-refractivity contribution in [3.8, 4) is 50.6 Å². The summed E-state index contributed by atoms with van der Waals surface area (Å²) in [6.45, 7) is 0. The fourth-order valence-corrected chi connectivity index (χ4v) is 12.7. The summed E-state index contributed by atoms with van der Waals surface area (Å²) in [7, 11) is 0. The second kappa shape index (κ2) is 15.9. The maximum atomic E-state index is 5.63. The summed E-state index contributed by atoms with van der Waals surface area (Å²) in [5.74, 6) is 0.509. The first-order valence-electron chi connectivity index (χ1n) is 25.6. The fraction of sp³-hybridized carbons (Fsp3) is 0.0141. The minimum atomic E-state index is -0.207. The normalized spacial score (nSPS) is 13.3. The van der Waals surface area contributed by atoms with Crippen molar-refractivity contribution in [2.75, 3.05) is 0 Å². The van der Waals surface area contributed by atoms with E-state index >= 15 is 0 Å². The average molecular weight is 938 g/mol. The van der Waals surface area contributed by atoms with E-state index < -0.39 is 0 Å². The number of fused-ring (bicyclic) bond motifs is 18. The molecule has 342 valence electrons. The third-order valence-corrected chi connectivity index (χ3v) is 16.0. The molecule has 0 unspecified atom stereocenters. The van der Waals surface area contributed by atoms with Gasteiger partial charge in [0.25, 0.3) is 0 Å². The van der Waals surface area contributed by atoms with Gasteiger partial charge in [-0.2, -0.15) is 0 Å². The van der Waals surface area contributed by atoms with Gasteiger partial charge in [-0.3, -0.25) is 0 Å². The Balaban J connectivity index is 1.06. The number of aromatic nitrogens is 3. The van der Waals surface area contributed by atoms with Gasteiger partial charge in [0.1, 0.15) is 0 Å². The summed E-state index contributed by atoms with van der Waals surface area (Å²) in [5, 5.41) is 17.6. The molecule has 2 heterocycles. The lowest BCUT2D eigenvalue weighted by molar-refractivity contribution is 0.934. The van der Waals surface area contributed by atoms with Crippen LogP contribution in [-0.4, -0.2) is 14.5 Å². The van der Waals surface area contributed by atoms with E-state index in [1.165, 1.54) is 114 Å². The minimum Gasteiger partial charge on any atom is -0.309 e. The van der Waals surface area contributed by atoms with Crippen LogP contribution in [0.3, 0.4) is 0 Å². The van der Waals surface area contributed by atoms with Crippen LogP contribution in [-0.2, 0) is 0 Å². The molecule has 0 aliphatic heterocycles. The van der Waals surface area contributed by atoms with Gasteiger partial charge in [-0.1, -0.05) is 200 Å². The Hall–Kier alpha value is -9.70. The fourth-order valence-electron chi connectivity index (χ4n) is 12.7. The standard InChI is InChI=1S/C71H43N3/c1-4-19-43(20-5-1)46-25-18-26-47(35-46)74-68-40-61-55-34-17-13-30-51(55)50-29-11-15-32-53(50)57(61)37-62(68)63-38-60-59-36-56-52-31-14-10-27-48(52)49-28-12-16-33-54(49)58(56)39-64(59)70(65(60)41-69(63)74)67-42-66(44-21-6-2-7-22-44)72-71(73-67)45-23-8-3-9-24-45/h1-42,70H/t70-/m1/s1. The van der Waals surface area contributed by atoms with Crippen molar-refractivity contribution < 1.29 is 0 Å². The van der Waals surface area contributed by atoms with Crippen LogP contribution >= 0.6 is 0 Å². The lowest BCUT2D eigenvalue weighted by Gasteiger charge is -2.18. The number of rotatable bonds is 5. The predicted octanol–water partition coefficient (Wildman–Crippen LogP) is 18.7. The molecule has 1 atom stereocenters. The van der Waals surface area contributed by atoms with Crippen LogP contribution in [0, 0.1) is 0 Å². The zero-order valence-corrected chi connectivity index (χ0v) is 40.2. The zero-order chi connectivity index (χ0) is 48.4. The molecule has 2 aromatic heterocycles. The van der Waals surface area contributed by atoms with Gasteiger partial charge in [0.2, 0.25) is 0 Å². The Kier molecular flexibility index (Phi) is 8.80. The van der Waals surface area contributed by atoms with E-state index in [4.69, 9.17) is 9.97 Å². The topological polar surface area (TPSA) is 30.7 Å². The SMILES string of the molecule is c1ccc(-c2cccc(-n3c4cc5c(cc4c4cc6c7ccccc7c7ccccc7c6cc43)-c3cc4c6ccccc6c6ccccc6c4cc3[C@H]5c3cc(-c4ccccc4)nc(-c4ccccc4)n3)c2)cc1. The second-order valence-corrected chi connectivity index (χ2v) is 20.0. The maximum Gasteiger partial charge on any atom is 0.160 e. The summed E-state index contributed by atoms with van der Waals surface area (Å²) in [5.41, 5.74) is 14.7.